The molecule has 4 heteroatoms. The first kappa shape index (κ1) is 11.4. The van der Waals surface area contributed by atoms with E-state index >= 15 is 0 Å². The third-order valence-electron chi connectivity index (χ3n) is 2.03. The van der Waals surface area contributed by atoms with Crippen molar-refractivity contribution in [3.05, 3.63) is 0 Å². The van der Waals surface area contributed by atoms with Crippen molar-refractivity contribution in [1.29, 1.82) is 0 Å². The Morgan fingerprint density at radius 3 is 1.83 bits per heavy atom. The highest BCUT2D eigenvalue weighted by atomic mass is 16.5. The largest absolute Gasteiger partial charge is 0.335 e. The molecule has 0 bridgehead atoms. The van der Waals surface area contributed by atoms with Gasteiger partial charge in [-0.15, -0.1) is 0 Å². The predicted octanol–water partition coefficient (Wildman–Crippen LogP) is 0.958. The third kappa shape index (κ3) is 1.32. The number of nitrogens with zero attached hydrogens (tertiary/aromatic N) is 1. The van der Waals surface area contributed by atoms with Gasteiger partial charge in [0.15, 0.2) is 0 Å². The van der Waals surface area contributed by atoms with E-state index in [0.717, 1.165) is 5.06 Å². The molecule has 0 atom stereocenters. The van der Waals surface area contributed by atoms with E-state index in [4.69, 9.17) is 0 Å². The van der Waals surface area contributed by atoms with Crippen LogP contribution >= 0.6 is 0 Å². The number of hydrogen-bond acceptors (Lipinski definition) is 3. The van der Waals surface area contributed by atoms with E-state index < -0.39 is 11.2 Å². The minimum atomic E-state index is -0.816. The van der Waals surface area contributed by atoms with Crippen molar-refractivity contribution in [2.75, 3.05) is 0 Å². The SMILES string of the molecule is C.CC1(C)NC(=O)C(C)(C)N1O. The van der Waals surface area contributed by atoms with Crippen LogP contribution in [0, 0.1) is 0 Å². The molecule has 0 radical (unpaired) electrons. The summed E-state index contributed by atoms with van der Waals surface area (Å²) >= 11 is 0. The average Bonchev–Trinajstić information content (AvgIpc) is 1.94. The normalized spacial score (nSPS) is 26.2. The summed E-state index contributed by atoms with van der Waals surface area (Å²) in [4.78, 5) is 11.2. The van der Waals surface area contributed by atoms with Gasteiger partial charge in [0.2, 0.25) is 5.91 Å². The zero-order valence-electron chi connectivity index (χ0n) is 7.30. The Balaban J connectivity index is 0.00000121. The van der Waals surface area contributed by atoms with Gasteiger partial charge in [0.25, 0.3) is 0 Å². The molecule has 1 rings (SSSR count). The van der Waals surface area contributed by atoms with E-state index in [1.807, 2.05) is 0 Å². The van der Waals surface area contributed by atoms with Crippen LogP contribution < -0.4 is 5.32 Å². The van der Waals surface area contributed by atoms with Crippen LogP contribution in [-0.2, 0) is 4.79 Å². The second-order valence-corrected chi connectivity index (χ2v) is 3.88. The highest BCUT2D eigenvalue weighted by Crippen LogP contribution is 2.27. The van der Waals surface area contributed by atoms with E-state index in [1.165, 1.54) is 0 Å². The third-order valence-corrected chi connectivity index (χ3v) is 2.03. The molecule has 1 fully saturated rings. The molecule has 0 spiro atoms. The van der Waals surface area contributed by atoms with E-state index in [0.29, 0.717) is 0 Å². The summed E-state index contributed by atoms with van der Waals surface area (Å²) in [6.45, 7) is 6.85. The van der Waals surface area contributed by atoms with Gasteiger partial charge >= 0.3 is 0 Å². The Bertz CT molecular complexity index is 199. The molecular weight excluding hydrogens is 156 g/mol. The Kier molecular flexibility index (Phi) is 2.57. The maximum absolute atomic E-state index is 11.2. The van der Waals surface area contributed by atoms with Gasteiger partial charge in [-0.25, -0.2) is 0 Å². The van der Waals surface area contributed by atoms with Crippen molar-refractivity contribution >= 4 is 5.91 Å². The number of carbonyl (C=O) groups is 1. The summed E-state index contributed by atoms with van der Waals surface area (Å²) in [7, 11) is 0. The summed E-state index contributed by atoms with van der Waals surface area (Å²) < 4.78 is 0. The van der Waals surface area contributed by atoms with Gasteiger partial charge in [0, 0.05) is 0 Å². The highest BCUT2D eigenvalue weighted by molar-refractivity contribution is 5.88. The lowest BCUT2D eigenvalue weighted by Gasteiger charge is -2.30. The quantitative estimate of drug-likeness (QED) is 0.575. The Hall–Kier alpha value is -0.610. The summed E-state index contributed by atoms with van der Waals surface area (Å²) in [6, 6.07) is 0. The van der Waals surface area contributed by atoms with Crippen LogP contribution in [0.15, 0.2) is 0 Å². The number of amides is 1. The molecule has 1 aliphatic rings. The molecule has 4 nitrogen and oxygen atoms in total. The monoisotopic (exact) mass is 174 g/mol. The molecule has 0 aliphatic carbocycles. The van der Waals surface area contributed by atoms with Crippen LogP contribution in [0.3, 0.4) is 0 Å². The molecule has 0 aromatic heterocycles. The molecule has 1 heterocycles. The lowest BCUT2D eigenvalue weighted by molar-refractivity contribution is -0.195. The number of hydrogen-bond donors (Lipinski definition) is 2. The Labute approximate surface area is 73.5 Å². The molecular formula is C8H18N2O2. The maximum atomic E-state index is 11.2. The van der Waals surface area contributed by atoms with E-state index in [-0.39, 0.29) is 13.3 Å². The fourth-order valence-electron chi connectivity index (χ4n) is 1.28. The number of nitrogens with one attached hydrogen (secondary N) is 1. The molecule has 1 saturated heterocycles. The average molecular weight is 174 g/mol. The van der Waals surface area contributed by atoms with Crippen molar-refractivity contribution in [2.45, 2.75) is 46.3 Å². The van der Waals surface area contributed by atoms with Gasteiger partial charge in [-0.2, -0.15) is 5.06 Å². The Morgan fingerprint density at radius 1 is 1.33 bits per heavy atom. The first-order valence-electron chi connectivity index (χ1n) is 3.60. The molecule has 1 aliphatic heterocycles. The van der Waals surface area contributed by atoms with Crippen LogP contribution in [-0.4, -0.2) is 27.4 Å². The van der Waals surface area contributed by atoms with Crippen LogP contribution in [0.1, 0.15) is 35.1 Å². The molecule has 2 N–H and O–H groups in total. The van der Waals surface area contributed by atoms with Crippen molar-refractivity contribution in [1.82, 2.24) is 10.4 Å². The summed E-state index contributed by atoms with van der Waals surface area (Å²) in [6.07, 6.45) is 0. The van der Waals surface area contributed by atoms with Crippen LogP contribution in [0.4, 0.5) is 0 Å². The van der Waals surface area contributed by atoms with Crippen LogP contribution in [0.2, 0.25) is 0 Å². The lowest BCUT2D eigenvalue weighted by Crippen LogP contribution is -2.48. The standard InChI is InChI=1S/C7H14N2O2.CH4/c1-6(2)5(10)8-7(3,4)9(6)11;/h11H,1-4H3,(H,8,10);1H4. The van der Waals surface area contributed by atoms with Crippen molar-refractivity contribution in [2.24, 2.45) is 0 Å². The van der Waals surface area contributed by atoms with Gasteiger partial charge in [0.1, 0.15) is 11.2 Å². The molecule has 0 saturated carbocycles. The molecule has 72 valence electrons. The van der Waals surface area contributed by atoms with Crippen molar-refractivity contribution in [3.63, 3.8) is 0 Å². The fourth-order valence-corrected chi connectivity index (χ4v) is 1.28. The maximum Gasteiger partial charge on any atom is 0.243 e. The summed E-state index contributed by atoms with van der Waals surface area (Å²) in [5.74, 6) is -0.148. The van der Waals surface area contributed by atoms with Gasteiger partial charge in [-0.1, -0.05) is 7.43 Å². The Morgan fingerprint density at radius 2 is 1.75 bits per heavy atom. The zero-order valence-corrected chi connectivity index (χ0v) is 7.30. The first-order chi connectivity index (χ1) is 4.78. The van der Waals surface area contributed by atoms with Gasteiger partial charge < -0.3 is 10.5 Å². The lowest BCUT2D eigenvalue weighted by atomic mass is 10.1. The van der Waals surface area contributed by atoms with Crippen LogP contribution in [0.5, 0.6) is 0 Å². The smallest absolute Gasteiger partial charge is 0.243 e. The molecule has 1 amide bonds. The number of hydroxylamine groups is 2. The van der Waals surface area contributed by atoms with Gasteiger partial charge in [0.05, 0.1) is 0 Å². The highest BCUT2D eigenvalue weighted by Gasteiger charge is 2.50. The first-order valence-corrected chi connectivity index (χ1v) is 3.60. The second-order valence-electron chi connectivity index (χ2n) is 3.88. The van der Waals surface area contributed by atoms with E-state index in [1.54, 1.807) is 27.7 Å². The number of carbonyl (C=O) groups excluding carboxylic acids is 1. The van der Waals surface area contributed by atoms with Gasteiger partial charge in [-0.05, 0) is 27.7 Å². The molecule has 0 unspecified atom stereocenters. The predicted molar refractivity (Wildman–Crippen MR) is 46.7 cm³/mol. The van der Waals surface area contributed by atoms with Crippen LogP contribution in [0.25, 0.3) is 0 Å². The summed E-state index contributed by atoms with van der Waals surface area (Å²) in [5.41, 5.74) is -1.47. The minimum Gasteiger partial charge on any atom is -0.335 e. The topological polar surface area (TPSA) is 52.6 Å². The van der Waals surface area contributed by atoms with Crippen molar-refractivity contribution in [3.8, 4) is 0 Å². The second kappa shape index (κ2) is 2.71. The molecule has 0 aromatic rings. The fraction of sp³-hybridized carbons (Fsp3) is 0.875. The van der Waals surface area contributed by atoms with Gasteiger partial charge in [-0.3, -0.25) is 4.79 Å². The molecule has 12 heavy (non-hydrogen) atoms. The zero-order chi connectivity index (χ0) is 8.86. The minimum absolute atomic E-state index is 0. The van der Waals surface area contributed by atoms with E-state index in [2.05, 4.69) is 5.32 Å². The van der Waals surface area contributed by atoms with E-state index in [9.17, 15) is 10.0 Å². The number of rotatable bonds is 0. The summed E-state index contributed by atoms with van der Waals surface area (Å²) in [5, 5.41) is 13.2. The van der Waals surface area contributed by atoms with Crippen molar-refractivity contribution < 1.29 is 10.0 Å². The molecule has 0 aromatic carbocycles.